The minimum atomic E-state index is -0.431. The van der Waals surface area contributed by atoms with Crippen molar-refractivity contribution in [1.29, 1.82) is 0 Å². The Balaban J connectivity index is 1.63. The Bertz CT molecular complexity index is 1130. The maximum absolute atomic E-state index is 11.6. The van der Waals surface area contributed by atoms with Crippen molar-refractivity contribution in [2.45, 2.75) is 13.0 Å². The Kier molecular flexibility index (Phi) is 4.98. The SMILES string of the molecule is C[C@@H](Nc1ccc(-c2nc(-c3ccccn3)no2)cc1[N+](=O)[O-])c1ccccc1. The van der Waals surface area contributed by atoms with Gasteiger partial charge in [0.25, 0.3) is 11.6 Å². The molecule has 8 nitrogen and oxygen atoms in total. The molecule has 0 fully saturated rings. The maximum atomic E-state index is 11.6. The minimum Gasteiger partial charge on any atom is -0.373 e. The molecule has 4 aromatic rings. The molecule has 0 aliphatic carbocycles. The number of hydrogen-bond acceptors (Lipinski definition) is 7. The molecule has 2 aromatic carbocycles. The van der Waals surface area contributed by atoms with E-state index in [0.717, 1.165) is 5.56 Å². The van der Waals surface area contributed by atoms with Gasteiger partial charge in [-0.25, -0.2) is 0 Å². The van der Waals surface area contributed by atoms with E-state index < -0.39 is 4.92 Å². The zero-order valence-corrected chi connectivity index (χ0v) is 15.5. The van der Waals surface area contributed by atoms with Crippen LogP contribution in [0.3, 0.4) is 0 Å². The van der Waals surface area contributed by atoms with Gasteiger partial charge in [-0.3, -0.25) is 15.1 Å². The molecule has 4 rings (SSSR count). The molecule has 0 saturated heterocycles. The van der Waals surface area contributed by atoms with Crippen LogP contribution in [0.4, 0.5) is 11.4 Å². The van der Waals surface area contributed by atoms with E-state index in [1.54, 1.807) is 30.5 Å². The summed E-state index contributed by atoms with van der Waals surface area (Å²) in [6, 6.07) is 19.8. The standard InChI is InChI=1S/C21H17N5O3/c1-14(15-7-3-2-4-8-15)23-17-11-10-16(13-19(17)26(27)28)21-24-20(25-29-21)18-9-5-6-12-22-18/h2-14,23H,1H3/t14-/m1/s1. The van der Waals surface area contributed by atoms with Gasteiger partial charge in [-0.2, -0.15) is 4.98 Å². The lowest BCUT2D eigenvalue weighted by molar-refractivity contribution is -0.383. The predicted molar refractivity (Wildman–Crippen MR) is 108 cm³/mol. The molecule has 1 atom stereocenters. The highest BCUT2D eigenvalue weighted by Gasteiger charge is 2.20. The lowest BCUT2D eigenvalue weighted by Gasteiger charge is -2.15. The molecular weight excluding hydrogens is 370 g/mol. The number of rotatable bonds is 6. The molecule has 2 heterocycles. The second kappa shape index (κ2) is 7.89. The normalized spacial score (nSPS) is 11.8. The summed E-state index contributed by atoms with van der Waals surface area (Å²) in [4.78, 5) is 19.7. The number of pyridine rings is 1. The highest BCUT2D eigenvalue weighted by Crippen LogP contribution is 2.33. The van der Waals surface area contributed by atoms with Gasteiger partial charge in [-0.1, -0.05) is 41.6 Å². The molecule has 1 N–H and O–H groups in total. The van der Waals surface area contributed by atoms with Gasteiger partial charge < -0.3 is 9.84 Å². The summed E-state index contributed by atoms with van der Waals surface area (Å²) in [5.74, 6) is 0.513. The van der Waals surface area contributed by atoms with Crippen LogP contribution < -0.4 is 5.32 Å². The molecule has 144 valence electrons. The quantitative estimate of drug-likeness (QED) is 0.371. The van der Waals surface area contributed by atoms with E-state index in [1.807, 2.05) is 43.3 Å². The van der Waals surface area contributed by atoms with Crippen LogP contribution >= 0.6 is 0 Å². The topological polar surface area (TPSA) is 107 Å². The monoisotopic (exact) mass is 387 g/mol. The molecule has 29 heavy (non-hydrogen) atoms. The van der Waals surface area contributed by atoms with Crippen LogP contribution in [0.5, 0.6) is 0 Å². The van der Waals surface area contributed by atoms with Crippen LogP contribution in [0.15, 0.2) is 77.4 Å². The molecule has 0 amide bonds. The molecule has 8 heteroatoms. The molecule has 0 aliphatic rings. The van der Waals surface area contributed by atoms with E-state index >= 15 is 0 Å². The highest BCUT2D eigenvalue weighted by atomic mass is 16.6. The Labute approximate surface area is 166 Å². The van der Waals surface area contributed by atoms with Crippen molar-refractivity contribution >= 4 is 11.4 Å². The summed E-state index contributed by atoms with van der Waals surface area (Å²) in [5, 5.41) is 18.8. The maximum Gasteiger partial charge on any atom is 0.293 e. The van der Waals surface area contributed by atoms with Crippen LogP contribution in [0.2, 0.25) is 0 Å². The molecule has 0 spiro atoms. The summed E-state index contributed by atoms with van der Waals surface area (Å²) in [6.07, 6.45) is 1.63. The summed E-state index contributed by atoms with van der Waals surface area (Å²) in [6.45, 7) is 1.95. The summed E-state index contributed by atoms with van der Waals surface area (Å²) in [7, 11) is 0. The molecule has 0 unspecified atom stereocenters. The number of anilines is 1. The number of nitro groups is 1. The Hall–Kier alpha value is -4.07. The van der Waals surface area contributed by atoms with E-state index in [4.69, 9.17) is 4.52 Å². The van der Waals surface area contributed by atoms with Crippen molar-refractivity contribution in [3.63, 3.8) is 0 Å². The van der Waals surface area contributed by atoms with Crippen LogP contribution in [-0.2, 0) is 0 Å². The van der Waals surface area contributed by atoms with Gasteiger partial charge in [0, 0.05) is 23.9 Å². The van der Waals surface area contributed by atoms with Crippen molar-refractivity contribution in [2.75, 3.05) is 5.32 Å². The van der Waals surface area contributed by atoms with Gasteiger partial charge in [0.15, 0.2) is 0 Å². The van der Waals surface area contributed by atoms with Crippen LogP contribution in [0, 0.1) is 10.1 Å². The second-order valence-corrected chi connectivity index (χ2v) is 6.40. The smallest absolute Gasteiger partial charge is 0.293 e. The number of aromatic nitrogens is 3. The number of hydrogen-bond donors (Lipinski definition) is 1. The van der Waals surface area contributed by atoms with Gasteiger partial charge in [0.1, 0.15) is 11.4 Å². The van der Waals surface area contributed by atoms with E-state index in [-0.39, 0.29) is 17.6 Å². The first-order valence-corrected chi connectivity index (χ1v) is 8.97. The van der Waals surface area contributed by atoms with Gasteiger partial charge in [-0.15, -0.1) is 0 Å². The average Bonchev–Trinajstić information content (AvgIpc) is 3.25. The third-order valence-corrected chi connectivity index (χ3v) is 4.43. The van der Waals surface area contributed by atoms with Gasteiger partial charge >= 0.3 is 0 Å². The first-order valence-electron chi connectivity index (χ1n) is 8.97. The van der Waals surface area contributed by atoms with E-state index in [2.05, 4.69) is 20.4 Å². The average molecular weight is 387 g/mol. The zero-order chi connectivity index (χ0) is 20.2. The lowest BCUT2D eigenvalue weighted by atomic mass is 10.1. The van der Waals surface area contributed by atoms with E-state index in [0.29, 0.717) is 22.8 Å². The van der Waals surface area contributed by atoms with Crippen molar-refractivity contribution in [1.82, 2.24) is 15.1 Å². The fourth-order valence-electron chi connectivity index (χ4n) is 2.94. The third kappa shape index (κ3) is 3.96. The summed E-state index contributed by atoms with van der Waals surface area (Å²) >= 11 is 0. The van der Waals surface area contributed by atoms with Crippen molar-refractivity contribution in [3.8, 4) is 23.0 Å². The largest absolute Gasteiger partial charge is 0.373 e. The fourth-order valence-corrected chi connectivity index (χ4v) is 2.94. The number of benzene rings is 2. The molecular formula is C21H17N5O3. The van der Waals surface area contributed by atoms with Crippen LogP contribution in [-0.4, -0.2) is 20.0 Å². The van der Waals surface area contributed by atoms with Gasteiger partial charge in [-0.05, 0) is 36.8 Å². The third-order valence-electron chi connectivity index (χ3n) is 4.43. The van der Waals surface area contributed by atoms with Gasteiger partial charge in [0.2, 0.25) is 5.82 Å². The highest BCUT2D eigenvalue weighted by molar-refractivity contribution is 5.70. The minimum absolute atomic E-state index is 0.0668. The van der Waals surface area contributed by atoms with Crippen LogP contribution in [0.25, 0.3) is 23.0 Å². The fraction of sp³-hybridized carbons (Fsp3) is 0.0952. The first kappa shape index (κ1) is 18.3. The lowest BCUT2D eigenvalue weighted by Crippen LogP contribution is -2.08. The van der Waals surface area contributed by atoms with Crippen LogP contribution in [0.1, 0.15) is 18.5 Å². The van der Waals surface area contributed by atoms with E-state index in [9.17, 15) is 10.1 Å². The van der Waals surface area contributed by atoms with Crippen molar-refractivity contribution in [2.24, 2.45) is 0 Å². The predicted octanol–water partition coefficient (Wildman–Crippen LogP) is 4.88. The summed E-state index contributed by atoms with van der Waals surface area (Å²) in [5.41, 5.74) is 2.40. The molecule has 0 saturated carbocycles. The Morgan fingerprint density at radius 1 is 1.07 bits per heavy atom. The van der Waals surface area contributed by atoms with Crippen molar-refractivity contribution in [3.05, 3.63) is 88.6 Å². The number of nitrogens with zero attached hydrogens (tertiary/aromatic N) is 4. The number of nitro benzene ring substituents is 1. The Morgan fingerprint density at radius 3 is 2.59 bits per heavy atom. The first-order chi connectivity index (χ1) is 14.1. The van der Waals surface area contributed by atoms with Gasteiger partial charge in [0.05, 0.1) is 4.92 Å². The number of nitrogens with one attached hydrogen (secondary N) is 1. The molecule has 0 radical (unpaired) electrons. The zero-order valence-electron chi connectivity index (χ0n) is 15.5. The summed E-state index contributed by atoms with van der Waals surface area (Å²) < 4.78 is 5.29. The Morgan fingerprint density at radius 2 is 1.86 bits per heavy atom. The molecule has 2 aromatic heterocycles. The second-order valence-electron chi connectivity index (χ2n) is 6.40. The molecule has 0 bridgehead atoms. The van der Waals surface area contributed by atoms with Crippen molar-refractivity contribution < 1.29 is 9.45 Å². The molecule has 0 aliphatic heterocycles. The van der Waals surface area contributed by atoms with E-state index in [1.165, 1.54) is 6.07 Å².